The van der Waals surface area contributed by atoms with Gasteiger partial charge in [-0.1, -0.05) is 13.8 Å². The van der Waals surface area contributed by atoms with Crippen molar-refractivity contribution in [1.82, 2.24) is 4.57 Å². The smallest absolute Gasteiger partial charge is 0.406 e. The van der Waals surface area contributed by atoms with E-state index in [0.29, 0.717) is 0 Å². The highest BCUT2D eigenvalue weighted by Crippen LogP contribution is 2.21. The van der Waals surface area contributed by atoms with E-state index in [1.54, 1.807) is 0 Å². The van der Waals surface area contributed by atoms with Crippen molar-refractivity contribution in [1.29, 1.82) is 0 Å². The molecule has 0 unspecified atom stereocenters. The summed E-state index contributed by atoms with van der Waals surface area (Å²) in [7, 11) is 1.81. The number of hydrogen-bond acceptors (Lipinski definition) is 2. The van der Waals surface area contributed by atoms with Crippen molar-refractivity contribution in [2.75, 3.05) is 13.2 Å². The van der Waals surface area contributed by atoms with Crippen molar-refractivity contribution in [2.24, 2.45) is 12.5 Å². The first kappa shape index (κ1) is 9.81. The van der Waals surface area contributed by atoms with Crippen LogP contribution in [-0.2, 0) is 16.4 Å². The number of rotatable bonds is 1. The summed E-state index contributed by atoms with van der Waals surface area (Å²) in [4.78, 5) is 0. The highest BCUT2D eigenvalue weighted by atomic mass is 16.6. The molecule has 0 radical (unpaired) electrons. The lowest BCUT2D eigenvalue weighted by molar-refractivity contribution is 0.0337. The number of hydrogen-bond donors (Lipinski definition) is 0. The maximum Gasteiger partial charge on any atom is 0.511 e. The Morgan fingerprint density at radius 1 is 1.36 bits per heavy atom. The van der Waals surface area contributed by atoms with Crippen LogP contribution in [0.15, 0.2) is 18.3 Å². The highest BCUT2D eigenvalue weighted by molar-refractivity contribution is 6.60. The van der Waals surface area contributed by atoms with Crippen LogP contribution in [0, 0.1) is 5.41 Å². The maximum atomic E-state index is 5.68. The molecule has 0 N–H and O–H groups in total. The van der Waals surface area contributed by atoms with E-state index in [9.17, 15) is 0 Å². The molecule has 0 saturated carbocycles. The molecule has 0 bridgehead atoms. The summed E-state index contributed by atoms with van der Waals surface area (Å²) in [6.45, 7) is 5.80. The lowest BCUT2D eigenvalue weighted by atomic mass is 9.80. The van der Waals surface area contributed by atoms with E-state index >= 15 is 0 Å². The van der Waals surface area contributed by atoms with Crippen LogP contribution in [0.2, 0.25) is 0 Å². The predicted molar refractivity (Wildman–Crippen MR) is 56.5 cm³/mol. The highest BCUT2D eigenvalue weighted by Gasteiger charge is 2.34. The van der Waals surface area contributed by atoms with Crippen LogP contribution in [0.25, 0.3) is 0 Å². The van der Waals surface area contributed by atoms with E-state index < -0.39 is 0 Å². The second-order valence-electron chi connectivity index (χ2n) is 4.66. The van der Waals surface area contributed by atoms with Crippen molar-refractivity contribution in [2.45, 2.75) is 13.8 Å². The SMILES string of the molecule is Cn1cccc1B1OCC(C)(C)CO1. The molecule has 0 aliphatic carbocycles. The summed E-state index contributed by atoms with van der Waals surface area (Å²) in [5.74, 6) is 0. The van der Waals surface area contributed by atoms with E-state index in [1.165, 1.54) is 0 Å². The molecule has 3 nitrogen and oxygen atoms in total. The Balaban J connectivity index is 2.06. The summed E-state index contributed by atoms with van der Waals surface area (Å²) in [6.07, 6.45) is 2.00. The van der Waals surface area contributed by atoms with Gasteiger partial charge in [-0.05, 0) is 12.1 Å². The quantitative estimate of drug-likeness (QED) is 0.615. The average molecular weight is 193 g/mol. The van der Waals surface area contributed by atoms with Crippen molar-refractivity contribution in [3.05, 3.63) is 18.3 Å². The van der Waals surface area contributed by atoms with Gasteiger partial charge in [0.25, 0.3) is 0 Å². The van der Waals surface area contributed by atoms with Crippen LogP contribution in [0.1, 0.15) is 13.8 Å². The zero-order valence-corrected chi connectivity index (χ0v) is 8.99. The van der Waals surface area contributed by atoms with Crippen LogP contribution in [-0.4, -0.2) is 24.9 Å². The Morgan fingerprint density at radius 3 is 2.50 bits per heavy atom. The molecule has 1 aromatic rings. The molecule has 2 rings (SSSR count). The number of aryl methyl sites for hydroxylation is 1. The van der Waals surface area contributed by atoms with Crippen LogP contribution in [0.5, 0.6) is 0 Å². The molecule has 76 valence electrons. The summed E-state index contributed by atoms with van der Waals surface area (Å²) in [5.41, 5.74) is 1.22. The van der Waals surface area contributed by atoms with E-state index in [0.717, 1.165) is 18.8 Å². The molecule has 1 fully saturated rings. The fourth-order valence-corrected chi connectivity index (χ4v) is 1.58. The standard InChI is InChI=1S/C10H16BNO2/c1-10(2)7-13-11(14-8-10)9-5-4-6-12(9)3/h4-6H,7-8H2,1-3H3. The van der Waals surface area contributed by atoms with Crippen molar-refractivity contribution in [3.8, 4) is 0 Å². The topological polar surface area (TPSA) is 23.4 Å². The average Bonchev–Trinajstić information content (AvgIpc) is 2.52. The summed E-state index contributed by atoms with van der Waals surface area (Å²) < 4.78 is 13.4. The van der Waals surface area contributed by atoms with Crippen LogP contribution in [0.4, 0.5) is 0 Å². The molecule has 0 aromatic carbocycles. The Kier molecular flexibility index (Phi) is 2.41. The maximum absolute atomic E-state index is 5.68. The Hall–Kier alpha value is -0.735. The normalized spacial score (nSPS) is 21.2. The molecule has 4 heteroatoms. The minimum Gasteiger partial charge on any atom is -0.406 e. The van der Waals surface area contributed by atoms with Crippen molar-refractivity contribution in [3.63, 3.8) is 0 Å². The second-order valence-corrected chi connectivity index (χ2v) is 4.66. The Bertz CT molecular complexity index is 312. The first-order valence-corrected chi connectivity index (χ1v) is 4.93. The van der Waals surface area contributed by atoms with Crippen molar-refractivity contribution < 1.29 is 9.31 Å². The zero-order valence-electron chi connectivity index (χ0n) is 8.99. The van der Waals surface area contributed by atoms with Gasteiger partial charge in [0.15, 0.2) is 0 Å². The monoisotopic (exact) mass is 193 g/mol. The molecule has 0 atom stereocenters. The molecular weight excluding hydrogens is 177 g/mol. The third kappa shape index (κ3) is 1.86. The zero-order chi connectivity index (χ0) is 10.2. The van der Waals surface area contributed by atoms with Gasteiger partial charge in [0.2, 0.25) is 0 Å². The van der Waals surface area contributed by atoms with E-state index in [-0.39, 0.29) is 12.5 Å². The van der Waals surface area contributed by atoms with E-state index in [1.807, 2.05) is 29.9 Å². The molecule has 0 spiro atoms. The van der Waals surface area contributed by atoms with Gasteiger partial charge in [-0.25, -0.2) is 0 Å². The second kappa shape index (κ2) is 3.44. The fraction of sp³-hybridized carbons (Fsp3) is 0.600. The summed E-state index contributed by atoms with van der Waals surface area (Å²) in [5, 5.41) is 0. The lowest BCUT2D eigenvalue weighted by Crippen LogP contribution is -2.49. The molecular formula is C10H16BNO2. The van der Waals surface area contributed by atoms with Gasteiger partial charge < -0.3 is 13.9 Å². The van der Waals surface area contributed by atoms with Gasteiger partial charge in [0, 0.05) is 37.5 Å². The van der Waals surface area contributed by atoms with Gasteiger partial charge in [0.1, 0.15) is 0 Å². The van der Waals surface area contributed by atoms with Gasteiger partial charge >= 0.3 is 7.12 Å². The molecule has 0 amide bonds. The number of aromatic nitrogens is 1. The molecule has 1 saturated heterocycles. The first-order valence-electron chi connectivity index (χ1n) is 4.93. The predicted octanol–water partition coefficient (Wildman–Crippen LogP) is 0.793. The van der Waals surface area contributed by atoms with E-state index in [4.69, 9.17) is 9.31 Å². The van der Waals surface area contributed by atoms with Gasteiger partial charge in [-0.15, -0.1) is 0 Å². The molecule has 2 heterocycles. The van der Waals surface area contributed by atoms with Crippen LogP contribution in [0.3, 0.4) is 0 Å². The van der Waals surface area contributed by atoms with Crippen molar-refractivity contribution >= 4 is 12.7 Å². The van der Waals surface area contributed by atoms with Crippen LogP contribution < -0.4 is 5.59 Å². The Morgan fingerprint density at radius 2 is 2.00 bits per heavy atom. The minimum absolute atomic E-state index is 0.141. The third-order valence-corrected chi connectivity index (χ3v) is 2.48. The lowest BCUT2D eigenvalue weighted by Gasteiger charge is -2.33. The largest absolute Gasteiger partial charge is 0.511 e. The van der Waals surface area contributed by atoms with E-state index in [2.05, 4.69) is 13.8 Å². The van der Waals surface area contributed by atoms with Gasteiger partial charge in [0.05, 0.1) is 0 Å². The van der Waals surface area contributed by atoms with Crippen LogP contribution >= 0.6 is 0 Å². The molecule has 1 aliphatic heterocycles. The van der Waals surface area contributed by atoms with Gasteiger partial charge in [-0.2, -0.15) is 0 Å². The molecule has 1 aliphatic rings. The first-order chi connectivity index (χ1) is 6.58. The third-order valence-electron chi connectivity index (χ3n) is 2.48. The minimum atomic E-state index is -0.192. The molecule has 14 heavy (non-hydrogen) atoms. The summed E-state index contributed by atoms with van der Waals surface area (Å²) >= 11 is 0. The van der Waals surface area contributed by atoms with Gasteiger partial charge in [-0.3, -0.25) is 0 Å². The fourth-order valence-electron chi connectivity index (χ4n) is 1.58. The summed E-state index contributed by atoms with van der Waals surface area (Å²) in [6, 6.07) is 4.03. The Labute approximate surface area is 85.2 Å². The number of nitrogens with zero attached hydrogens (tertiary/aromatic N) is 1. The molecule has 1 aromatic heterocycles.